The molecule has 0 aliphatic heterocycles. The molecule has 4 aromatic rings. The first kappa shape index (κ1) is 34.9. The van der Waals surface area contributed by atoms with Crippen LogP contribution in [0.4, 0.5) is 5.69 Å². The minimum Gasteiger partial charge on any atom is -0.352 e. The Morgan fingerprint density at radius 3 is 2.00 bits per heavy atom. The summed E-state index contributed by atoms with van der Waals surface area (Å²) in [4.78, 5) is 30.7. The van der Waals surface area contributed by atoms with Crippen molar-refractivity contribution in [3.05, 3.63) is 130 Å². The molecule has 1 atom stereocenters. The van der Waals surface area contributed by atoms with Gasteiger partial charge in [0.1, 0.15) is 12.6 Å². The predicted molar refractivity (Wildman–Crippen MR) is 192 cm³/mol. The maximum atomic E-state index is 14.8. The average molecular weight is 666 g/mol. The smallest absolute Gasteiger partial charge is 0.264 e. The largest absolute Gasteiger partial charge is 0.352 e. The predicted octanol–water partition coefficient (Wildman–Crippen LogP) is 7.20. The molecule has 1 N–H and O–H groups in total. The van der Waals surface area contributed by atoms with Gasteiger partial charge in [-0.15, -0.1) is 0 Å². The minimum absolute atomic E-state index is 0.0507. The Morgan fingerprint density at radius 1 is 0.750 bits per heavy atom. The summed E-state index contributed by atoms with van der Waals surface area (Å²) in [6.07, 6.45) is 5.38. The molecule has 48 heavy (non-hydrogen) atoms. The van der Waals surface area contributed by atoms with Crippen LogP contribution in [0.25, 0.3) is 0 Å². The fourth-order valence-corrected chi connectivity index (χ4v) is 7.64. The SMILES string of the molecule is Cc1ccc(CN(C(=O)CN(c2ccc(C)c(C)c2)S(=O)(=O)c2ccc(C)cc2)[C@@H](Cc2ccccc2)C(=O)NC2CCCCC2)cc1. The quantitative estimate of drug-likeness (QED) is 0.173. The van der Waals surface area contributed by atoms with Gasteiger partial charge in [0.2, 0.25) is 11.8 Å². The monoisotopic (exact) mass is 665 g/mol. The van der Waals surface area contributed by atoms with Crippen molar-refractivity contribution in [3.63, 3.8) is 0 Å². The van der Waals surface area contributed by atoms with Crippen molar-refractivity contribution in [2.45, 2.75) is 89.7 Å². The normalized spacial score (nSPS) is 14.2. The van der Waals surface area contributed by atoms with Crippen molar-refractivity contribution in [1.82, 2.24) is 10.2 Å². The molecule has 5 rings (SSSR count). The van der Waals surface area contributed by atoms with Crippen molar-refractivity contribution in [3.8, 4) is 0 Å². The fourth-order valence-electron chi connectivity index (χ4n) is 6.24. The number of nitrogens with zero attached hydrogens (tertiary/aromatic N) is 2. The number of benzene rings is 4. The zero-order chi connectivity index (χ0) is 34.3. The van der Waals surface area contributed by atoms with Crippen LogP contribution in [-0.2, 0) is 32.6 Å². The van der Waals surface area contributed by atoms with Crippen LogP contribution in [0.2, 0.25) is 0 Å². The summed E-state index contributed by atoms with van der Waals surface area (Å²) < 4.78 is 29.8. The van der Waals surface area contributed by atoms with Gasteiger partial charge < -0.3 is 10.2 Å². The van der Waals surface area contributed by atoms with E-state index in [1.807, 2.05) is 88.4 Å². The van der Waals surface area contributed by atoms with E-state index in [2.05, 4.69) is 5.32 Å². The Bertz CT molecular complexity index is 1800. The highest BCUT2D eigenvalue weighted by Gasteiger charge is 2.35. The summed E-state index contributed by atoms with van der Waals surface area (Å²) in [5.41, 5.74) is 6.11. The maximum Gasteiger partial charge on any atom is 0.264 e. The van der Waals surface area contributed by atoms with E-state index in [9.17, 15) is 18.0 Å². The molecule has 1 aliphatic rings. The lowest BCUT2D eigenvalue weighted by atomic mass is 9.94. The van der Waals surface area contributed by atoms with E-state index < -0.39 is 28.5 Å². The van der Waals surface area contributed by atoms with E-state index >= 15 is 0 Å². The molecule has 252 valence electrons. The van der Waals surface area contributed by atoms with Crippen LogP contribution in [0.3, 0.4) is 0 Å². The molecular weight excluding hydrogens is 619 g/mol. The number of amides is 2. The summed E-state index contributed by atoms with van der Waals surface area (Å²) in [5, 5.41) is 3.26. The Morgan fingerprint density at radius 2 is 1.38 bits per heavy atom. The molecule has 1 saturated carbocycles. The van der Waals surface area contributed by atoms with Crippen LogP contribution in [0, 0.1) is 27.7 Å². The molecule has 0 unspecified atom stereocenters. The Balaban J connectivity index is 1.57. The average Bonchev–Trinajstić information content (AvgIpc) is 3.08. The van der Waals surface area contributed by atoms with Gasteiger partial charge in [-0.25, -0.2) is 8.42 Å². The number of hydrogen-bond donors (Lipinski definition) is 1. The number of anilines is 1. The van der Waals surface area contributed by atoms with Gasteiger partial charge in [-0.05, 0) is 87.1 Å². The van der Waals surface area contributed by atoms with Gasteiger partial charge in [-0.3, -0.25) is 13.9 Å². The number of rotatable bonds is 12. The van der Waals surface area contributed by atoms with Crippen LogP contribution >= 0.6 is 0 Å². The molecule has 4 aromatic carbocycles. The number of nitrogens with one attached hydrogen (secondary N) is 1. The summed E-state index contributed by atoms with van der Waals surface area (Å²) in [7, 11) is -4.15. The fraction of sp³-hybridized carbons (Fsp3) is 0.350. The molecule has 7 nitrogen and oxygen atoms in total. The summed E-state index contributed by atoms with van der Waals surface area (Å²) >= 11 is 0. The van der Waals surface area contributed by atoms with Gasteiger partial charge in [0.15, 0.2) is 0 Å². The number of hydrogen-bond acceptors (Lipinski definition) is 4. The van der Waals surface area contributed by atoms with Gasteiger partial charge in [-0.1, -0.05) is 103 Å². The van der Waals surface area contributed by atoms with Gasteiger partial charge in [0.05, 0.1) is 10.6 Å². The zero-order valence-corrected chi connectivity index (χ0v) is 29.3. The molecule has 0 aromatic heterocycles. The van der Waals surface area contributed by atoms with E-state index in [4.69, 9.17) is 0 Å². The highest BCUT2D eigenvalue weighted by molar-refractivity contribution is 7.92. The summed E-state index contributed by atoms with van der Waals surface area (Å²) in [5.74, 6) is -0.672. The lowest BCUT2D eigenvalue weighted by Gasteiger charge is -2.35. The molecule has 2 amide bonds. The zero-order valence-electron chi connectivity index (χ0n) is 28.5. The van der Waals surface area contributed by atoms with Gasteiger partial charge in [0, 0.05) is 19.0 Å². The maximum absolute atomic E-state index is 14.8. The van der Waals surface area contributed by atoms with Crippen molar-refractivity contribution >= 4 is 27.5 Å². The highest BCUT2D eigenvalue weighted by Crippen LogP contribution is 2.27. The van der Waals surface area contributed by atoms with Crippen molar-refractivity contribution in [2.75, 3.05) is 10.8 Å². The Labute approximate surface area is 286 Å². The highest BCUT2D eigenvalue weighted by atomic mass is 32.2. The van der Waals surface area contributed by atoms with E-state index in [1.165, 1.54) is 4.31 Å². The second kappa shape index (κ2) is 15.6. The summed E-state index contributed by atoms with van der Waals surface area (Å²) in [6, 6.07) is 28.8. The first-order valence-electron chi connectivity index (χ1n) is 16.9. The van der Waals surface area contributed by atoms with Gasteiger partial charge >= 0.3 is 0 Å². The molecule has 0 saturated heterocycles. The van der Waals surface area contributed by atoms with Crippen LogP contribution in [-0.4, -0.2) is 43.8 Å². The van der Waals surface area contributed by atoms with Gasteiger partial charge in [0.25, 0.3) is 10.0 Å². The standard InChI is InChI=1S/C40H47N3O4S/c1-29-15-20-34(21-16-29)27-42(38(26-33-11-7-5-8-12-33)40(45)41-35-13-9-6-10-14-35)39(44)28-43(36-22-19-31(3)32(4)25-36)48(46,47)37-23-17-30(2)18-24-37/h5,7-8,11-12,15-25,35,38H,6,9-10,13-14,26-28H2,1-4H3,(H,41,45)/t38-/m0/s1. The number of aryl methyl sites for hydroxylation is 4. The van der Waals surface area contributed by atoms with E-state index in [1.54, 1.807) is 41.3 Å². The van der Waals surface area contributed by atoms with E-state index in [-0.39, 0.29) is 23.4 Å². The third-order valence-corrected chi connectivity index (χ3v) is 11.2. The molecular formula is C40H47N3O4S. The van der Waals surface area contributed by atoms with E-state index in [0.717, 1.165) is 65.5 Å². The van der Waals surface area contributed by atoms with Crippen molar-refractivity contribution < 1.29 is 18.0 Å². The molecule has 8 heteroatoms. The Kier molecular flexibility index (Phi) is 11.4. The molecule has 0 bridgehead atoms. The lowest BCUT2D eigenvalue weighted by Crippen LogP contribution is -2.55. The van der Waals surface area contributed by atoms with Crippen LogP contribution < -0.4 is 9.62 Å². The first-order chi connectivity index (χ1) is 23.0. The van der Waals surface area contributed by atoms with Gasteiger partial charge in [-0.2, -0.15) is 0 Å². The number of carbonyl (C=O) groups excluding carboxylic acids is 2. The molecule has 1 aliphatic carbocycles. The van der Waals surface area contributed by atoms with Crippen LogP contribution in [0.5, 0.6) is 0 Å². The van der Waals surface area contributed by atoms with Crippen molar-refractivity contribution in [2.24, 2.45) is 0 Å². The Hall–Kier alpha value is -4.43. The molecule has 1 fully saturated rings. The van der Waals surface area contributed by atoms with Crippen LogP contribution in [0.1, 0.15) is 65.5 Å². The molecule has 0 spiro atoms. The first-order valence-corrected chi connectivity index (χ1v) is 18.3. The topological polar surface area (TPSA) is 86.8 Å². The van der Waals surface area contributed by atoms with E-state index in [0.29, 0.717) is 12.1 Å². The molecule has 0 radical (unpaired) electrons. The number of carbonyl (C=O) groups is 2. The second-order valence-corrected chi connectivity index (χ2v) is 15.0. The lowest BCUT2D eigenvalue weighted by molar-refractivity contribution is -0.140. The third kappa shape index (κ3) is 8.72. The third-order valence-electron chi connectivity index (χ3n) is 9.36. The minimum atomic E-state index is -4.15. The number of sulfonamides is 1. The summed E-state index contributed by atoms with van der Waals surface area (Å²) in [6.45, 7) is 7.47. The second-order valence-electron chi connectivity index (χ2n) is 13.1. The van der Waals surface area contributed by atoms with Crippen molar-refractivity contribution in [1.29, 1.82) is 0 Å². The molecule has 0 heterocycles. The van der Waals surface area contributed by atoms with Crippen LogP contribution in [0.15, 0.2) is 102 Å².